The van der Waals surface area contributed by atoms with Crippen LogP contribution in [0.1, 0.15) is 38.3 Å². The molecule has 0 saturated carbocycles. The molecule has 0 saturated heterocycles. The van der Waals surface area contributed by atoms with E-state index in [0.29, 0.717) is 12.4 Å². The van der Waals surface area contributed by atoms with Gasteiger partial charge in [-0.05, 0) is 29.5 Å². The van der Waals surface area contributed by atoms with Gasteiger partial charge >= 0.3 is 0 Å². The van der Waals surface area contributed by atoms with Crippen LogP contribution in [0.25, 0.3) is 10.9 Å². The Morgan fingerprint density at radius 3 is 2.89 bits per heavy atom. The Balaban J connectivity index is 1.80. The summed E-state index contributed by atoms with van der Waals surface area (Å²) in [6, 6.07) is 9.52. The molecule has 7 nitrogen and oxygen atoms in total. The van der Waals surface area contributed by atoms with Crippen LogP contribution in [0.5, 0.6) is 0 Å². The van der Waals surface area contributed by atoms with Crippen molar-refractivity contribution < 1.29 is 4.79 Å². The maximum atomic E-state index is 13.2. The largest absolute Gasteiger partial charge is 0.366 e. The van der Waals surface area contributed by atoms with Crippen LogP contribution in [0.4, 0.5) is 11.9 Å². The second kappa shape index (κ2) is 5.39. The molecule has 3 heterocycles. The number of aromatic nitrogens is 4. The molecule has 1 aliphatic heterocycles. The number of carbonyl (C=O) groups is 1. The molecule has 3 aromatic rings. The van der Waals surface area contributed by atoms with Gasteiger partial charge in [-0.1, -0.05) is 32.0 Å². The van der Waals surface area contributed by atoms with Gasteiger partial charge in [-0.2, -0.15) is 4.98 Å². The molecule has 2 aliphatic rings. The summed E-state index contributed by atoms with van der Waals surface area (Å²) in [5.74, 6) is 0.898. The second-order valence-corrected chi connectivity index (χ2v) is 8.02. The Labute approximate surface area is 156 Å². The van der Waals surface area contributed by atoms with Gasteiger partial charge in [0.05, 0.1) is 5.52 Å². The molecule has 1 aliphatic carbocycles. The van der Waals surface area contributed by atoms with E-state index in [1.54, 1.807) is 10.9 Å². The van der Waals surface area contributed by atoms with Crippen molar-refractivity contribution in [2.45, 2.75) is 32.7 Å². The lowest BCUT2D eigenvalue weighted by molar-refractivity contribution is -0.118. The lowest BCUT2D eigenvalue weighted by atomic mass is 9.73. The normalized spacial score (nSPS) is 21.0. The number of benzene rings is 1. The van der Waals surface area contributed by atoms with Crippen molar-refractivity contribution in [3.8, 4) is 0 Å². The Kier molecular flexibility index (Phi) is 3.19. The van der Waals surface area contributed by atoms with E-state index in [4.69, 9.17) is 5.73 Å². The second-order valence-electron chi connectivity index (χ2n) is 8.02. The number of ketones is 1. The van der Waals surface area contributed by atoms with Crippen molar-refractivity contribution in [1.29, 1.82) is 0 Å². The number of carbonyl (C=O) groups excluding carboxylic acids is 1. The van der Waals surface area contributed by atoms with Crippen LogP contribution >= 0.6 is 0 Å². The van der Waals surface area contributed by atoms with Crippen molar-refractivity contribution in [3.05, 3.63) is 53.4 Å². The predicted octanol–water partition coefficient (Wildman–Crippen LogP) is 3.07. The third-order valence-corrected chi connectivity index (χ3v) is 5.33. The van der Waals surface area contributed by atoms with Crippen LogP contribution in [-0.2, 0) is 4.79 Å². The number of nitrogens with one attached hydrogen (secondary N) is 1. The van der Waals surface area contributed by atoms with E-state index in [1.165, 1.54) is 0 Å². The number of para-hydroxylation sites is 1. The summed E-state index contributed by atoms with van der Waals surface area (Å²) in [7, 11) is 0. The third-order valence-electron chi connectivity index (χ3n) is 5.33. The lowest BCUT2D eigenvalue weighted by Crippen LogP contribution is -2.36. The van der Waals surface area contributed by atoms with Crippen LogP contribution in [0, 0.1) is 5.41 Å². The SMILES string of the molecule is CC1(C)CC(=O)C2=C(C1)Nc1nc(N)nn1[C@H]2c1ccnc2ccccc12. The van der Waals surface area contributed by atoms with E-state index in [1.807, 2.05) is 30.3 Å². The average molecular weight is 360 g/mol. The zero-order chi connectivity index (χ0) is 18.8. The van der Waals surface area contributed by atoms with Crippen molar-refractivity contribution in [2.24, 2.45) is 5.41 Å². The van der Waals surface area contributed by atoms with Crippen LogP contribution < -0.4 is 11.1 Å². The quantitative estimate of drug-likeness (QED) is 0.692. The van der Waals surface area contributed by atoms with E-state index in [0.717, 1.165) is 34.2 Å². The van der Waals surface area contributed by atoms with Crippen molar-refractivity contribution in [3.63, 3.8) is 0 Å². The standard InChI is InChI=1S/C20H20N6O/c1-20(2)9-14-16(15(27)10-20)17(26-19(23-14)24-18(21)25-26)12-7-8-22-13-6-4-3-5-11(12)13/h3-8,17H,9-10H2,1-2H3,(H3,21,23,24,25)/t17-/m0/s1. The lowest BCUT2D eigenvalue weighted by Gasteiger charge is -2.38. The predicted molar refractivity (Wildman–Crippen MR) is 103 cm³/mol. The number of nitrogen functional groups attached to an aromatic ring is 1. The zero-order valence-corrected chi connectivity index (χ0v) is 15.2. The smallest absolute Gasteiger partial charge is 0.241 e. The number of hydrogen-bond acceptors (Lipinski definition) is 6. The van der Waals surface area contributed by atoms with Crippen molar-refractivity contribution >= 4 is 28.6 Å². The maximum absolute atomic E-state index is 13.2. The highest BCUT2D eigenvalue weighted by Crippen LogP contribution is 2.46. The van der Waals surface area contributed by atoms with E-state index in [-0.39, 0.29) is 23.2 Å². The fourth-order valence-electron chi connectivity index (χ4n) is 4.27. The van der Waals surface area contributed by atoms with Gasteiger partial charge in [0.2, 0.25) is 11.9 Å². The number of nitrogens with two attached hydrogens (primary N) is 1. The zero-order valence-electron chi connectivity index (χ0n) is 15.2. The molecule has 2 aromatic heterocycles. The van der Waals surface area contributed by atoms with E-state index >= 15 is 0 Å². The van der Waals surface area contributed by atoms with Gasteiger partial charge in [0, 0.05) is 29.3 Å². The maximum Gasteiger partial charge on any atom is 0.241 e. The van der Waals surface area contributed by atoms with Gasteiger partial charge in [0.25, 0.3) is 0 Å². The Morgan fingerprint density at radius 1 is 1.22 bits per heavy atom. The molecule has 0 fully saturated rings. The van der Waals surface area contributed by atoms with Gasteiger partial charge in [-0.3, -0.25) is 9.78 Å². The number of fused-ring (bicyclic) bond motifs is 2. The molecule has 0 bridgehead atoms. The van der Waals surface area contributed by atoms with Crippen molar-refractivity contribution in [1.82, 2.24) is 19.7 Å². The summed E-state index contributed by atoms with van der Waals surface area (Å²) in [5.41, 5.74) is 9.33. The number of rotatable bonds is 1. The Morgan fingerprint density at radius 2 is 2.04 bits per heavy atom. The Hall–Kier alpha value is -3.22. The van der Waals surface area contributed by atoms with Gasteiger partial charge < -0.3 is 11.1 Å². The summed E-state index contributed by atoms with van der Waals surface area (Å²) < 4.78 is 1.73. The summed E-state index contributed by atoms with van der Waals surface area (Å²) in [6.07, 6.45) is 3.06. The fraction of sp³-hybridized carbons (Fsp3) is 0.300. The number of Topliss-reactive ketones (excluding diaryl/α,β-unsaturated/α-hetero) is 1. The minimum Gasteiger partial charge on any atom is -0.366 e. The summed E-state index contributed by atoms with van der Waals surface area (Å²) in [5, 5.41) is 8.69. The van der Waals surface area contributed by atoms with E-state index in [9.17, 15) is 4.79 Å². The van der Waals surface area contributed by atoms with Crippen LogP contribution in [0.2, 0.25) is 0 Å². The van der Waals surface area contributed by atoms with Crippen LogP contribution in [-0.4, -0.2) is 25.5 Å². The summed E-state index contributed by atoms with van der Waals surface area (Å²) in [4.78, 5) is 22.0. The molecule has 0 unspecified atom stereocenters. The third kappa shape index (κ3) is 2.42. The summed E-state index contributed by atoms with van der Waals surface area (Å²) >= 11 is 0. The molecule has 0 spiro atoms. The minimum absolute atomic E-state index is 0.0957. The first-order valence-electron chi connectivity index (χ1n) is 9.02. The molecule has 27 heavy (non-hydrogen) atoms. The molecular weight excluding hydrogens is 340 g/mol. The first-order valence-corrected chi connectivity index (χ1v) is 9.02. The van der Waals surface area contributed by atoms with Gasteiger partial charge in [0.1, 0.15) is 6.04 Å². The minimum atomic E-state index is -0.363. The van der Waals surface area contributed by atoms with E-state index < -0.39 is 0 Å². The molecule has 0 radical (unpaired) electrons. The molecule has 5 rings (SSSR count). The van der Waals surface area contributed by atoms with Gasteiger partial charge in [-0.25, -0.2) is 4.68 Å². The monoisotopic (exact) mass is 360 g/mol. The van der Waals surface area contributed by atoms with E-state index in [2.05, 4.69) is 34.2 Å². The highest BCUT2D eigenvalue weighted by Gasteiger charge is 2.42. The number of anilines is 2. The van der Waals surface area contributed by atoms with Crippen molar-refractivity contribution in [2.75, 3.05) is 11.1 Å². The first-order chi connectivity index (χ1) is 12.9. The van der Waals surface area contributed by atoms with Gasteiger partial charge in [-0.15, -0.1) is 5.10 Å². The molecule has 0 amide bonds. The topological polar surface area (TPSA) is 98.7 Å². The number of hydrogen-bond donors (Lipinski definition) is 2. The molecular formula is C20H20N6O. The number of nitrogens with zero attached hydrogens (tertiary/aromatic N) is 4. The Bertz CT molecular complexity index is 1120. The summed E-state index contributed by atoms with van der Waals surface area (Å²) in [6.45, 7) is 4.22. The fourth-order valence-corrected chi connectivity index (χ4v) is 4.27. The molecule has 3 N–H and O–H groups in total. The van der Waals surface area contributed by atoms with Gasteiger partial charge in [0.15, 0.2) is 5.78 Å². The number of allylic oxidation sites excluding steroid dienone is 2. The number of pyridine rings is 1. The molecule has 136 valence electrons. The van der Waals surface area contributed by atoms with Crippen LogP contribution in [0.3, 0.4) is 0 Å². The average Bonchev–Trinajstić information content (AvgIpc) is 2.98. The highest BCUT2D eigenvalue weighted by molar-refractivity contribution is 6.01. The molecule has 1 aromatic carbocycles. The molecule has 1 atom stereocenters. The van der Waals surface area contributed by atoms with Crippen LogP contribution in [0.15, 0.2) is 47.8 Å². The highest BCUT2D eigenvalue weighted by atomic mass is 16.1. The first kappa shape index (κ1) is 16.0. The molecule has 7 heteroatoms.